The topological polar surface area (TPSA) is 46.2 Å². The van der Waals surface area contributed by atoms with Crippen molar-refractivity contribution in [1.82, 2.24) is 0 Å². The van der Waals surface area contributed by atoms with Crippen LogP contribution in [0.4, 0.5) is 0 Å². The molecular formula is C20H27NO. The highest BCUT2D eigenvalue weighted by Crippen LogP contribution is 2.40. The van der Waals surface area contributed by atoms with E-state index in [1.165, 1.54) is 0 Å². The lowest BCUT2D eigenvalue weighted by Crippen LogP contribution is -2.37. The van der Waals surface area contributed by atoms with Gasteiger partial charge in [-0.15, -0.1) is 0 Å². The molecule has 0 saturated carbocycles. The van der Waals surface area contributed by atoms with Crippen molar-refractivity contribution in [1.29, 1.82) is 0 Å². The first kappa shape index (κ1) is 16.7. The van der Waals surface area contributed by atoms with Gasteiger partial charge in [-0.3, -0.25) is 0 Å². The first-order chi connectivity index (χ1) is 10.7. The molecule has 3 N–H and O–H groups in total. The van der Waals surface area contributed by atoms with E-state index in [1.807, 2.05) is 60.7 Å². The summed E-state index contributed by atoms with van der Waals surface area (Å²) in [5.41, 5.74) is 6.78. The van der Waals surface area contributed by atoms with Crippen molar-refractivity contribution in [3.8, 4) is 0 Å². The van der Waals surface area contributed by atoms with Crippen LogP contribution in [-0.2, 0) is 5.60 Å². The van der Waals surface area contributed by atoms with Crippen molar-refractivity contribution in [3.63, 3.8) is 0 Å². The van der Waals surface area contributed by atoms with E-state index in [0.717, 1.165) is 36.8 Å². The summed E-state index contributed by atoms with van der Waals surface area (Å²) in [6, 6.07) is 20.0. The van der Waals surface area contributed by atoms with Gasteiger partial charge >= 0.3 is 0 Å². The molecule has 0 aliphatic carbocycles. The van der Waals surface area contributed by atoms with Gasteiger partial charge in [0.05, 0.1) is 0 Å². The van der Waals surface area contributed by atoms with E-state index in [4.69, 9.17) is 5.73 Å². The van der Waals surface area contributed by atoms with Crippen LogP contribution in [0.25, 0.3) is 0 Å². The molecule has 2 aromatic carbocycles. The van der Waals surface area contributed by atoms with Gasteiger partial charge in [-0.2, -0.15) is 0 Å². The van der Waals surface area contributed by atoms with Crippen molar-refractivity contribution < 1.29 is 5.11 Å². The lowest BCUT2D eigenvalue weighted by Gasteiger charge is -2.37. The second-order valence-corrected chi connectivity index (χ2v) is 5.91. The summed E-state index contributed by atoms with van der Waals surface area (Å²) in [7, 11) is 0. The zero-order chi connectivity index (χ0) is 15.8. The molecule has 0 heterocycles. The van der Waals surface area contributed by atoms with Crippen LogP contribution in [0.15, 0.2) is 60.7 Å². The van der Waals surface area contributed by atoms with E-state index in [9.17, 15) is 5.11 Å². The molecular weight excluding hydrogens is 270 g/mol. The van der Waals surface area contributed by atoms with Crippen LogP contribution in [0.3, 0.4) is 0 Å². The van der Waals surface area contributed by atoms with Gasteiger partial charge in [0.1, 0.15) is 5.60 Å². The summed E-state index contributed by atoms with van der Waals surface area (Å²) in [5.74, 6) is 0.127. The molecule has 2 rings (SSSR count). The molecule has 2 nitrogen and oxygen atoms in total. The largest absolute Gasteiger partial charge is 0.380 e. The predicted molar refractivity (Wildman–Crippen MR) is 92.6 cm³/mol. The zero-order valence-electron chi connectivity index (χ0n) is 13.4. The Morgan fingerprint density at radius 2 is 1.41 bits per heavy atom. The molecule has 2 heteroatoms. The summed E-state index contributed by atoms with van der Waals surface area (Å²) in [4.78, 5) is 0. The minimum Gasteiger partial charge on any atom is -0.380 e. The van der Waals surface area contributed by atoms with Crippen molar-refractivity contribution in [3.05, 3.63) is 71.8 Å². The summed E-state index contributed by atoms with van der Waals surface area (Å²) in [6.45, 7) is 2.78. The fourth-order valence-corrected chi connectivity index (χ4v) is 3.24. The Hall–Kier alpha value is -1.64. The maximum Gasteiger partial charge on any atom is 0.117 e. The van der Waals surface area contributed by atoms with Crippen molar-refractivity contribution in [2.45, 2.75) is 38.2 Å². The van der Waals surface area contributed by atoms with Gasteiger partial charge in [-0.05, 0) is 36.4 Å². The Morgan fingerprint density at radius 3 is 1.82 bits per heavy atom. The minimum atomic E-state index is -0.975. The molecule has 0 spiro atoms. The number of aliphatic hydroxyl groups is 1. The highest BCUT2D eigenvalue weighted by Gasteiger charge is 2.39. The average Bonchev–Trinajstić information content (AvgIpc) is 2.59. The predicted octanol–water partition coefficient (Wildman–Crippen LogP) is 4.08. The second kappa shape index (κ2) is 8.11. The summed E-state index contributed by atoms with van der Waals surface area (Å²) in [5, 5.41) is 11.7. The summed E-state index contributed by atoms with van der Waals surface area (Å²) >= 11 is 0. The van der Waals surface area contributed by atoms with E-state index in [1.54, 1.807) is 0 Å². The molecule has 1 atom stereocenters. The summed E-state index contributed by atoms with van der Waals surface area (Å²) in [6.07, 6.45) is 4.03. The molecule has 22 heavy (non-hydrogen) atoms. The van der Waals surface area contributed by atoms with Crippen molar-refractivity contribution in [2.24, 2.45) is 11.7 Å². The maximum atomic E-state index is 11.7. The van der Waals surface area contributed by atoms with Gasteiger partial charge in [0.25, 0.3) is 0 Å². The van der Waals surface area contributed by atoms with Gasteiger partial charge in [0, 0.05) is 0 Å². The van der Waals surface area contributed by atoms with Crippen LogP contribution >= 0.6 is 0 Å². The van der Waals surface area contributed by atoms with Gasteiger partial charge < -0.3 is 10.8 Å². The normalized spacial score (nSPS) is 13.0. The highest BCUT2D eigenvalue weighted by molar-refractivity contribution is 5.36. The zero-order valence-corrected chi connectivity index (χ0v) is 13.4. The Bertz CT molecular complexity index is 499. The molecule has 0 fully saturated rings. The van der Waals surface area contributed by atoms with E-state index in [2.05, 4.69) is 6.92 Å². The number of rotatable bonds is 8. The van der Waals surface area contributed by atoms with Crippen LogP contribution in [0.1, 0.15) is 43.7 Å². The van der Waals surface area contributed by atoms with Crippen LogP contribution in [0.2, 0.25) is 0 Å². The number of hydrogen-bond donors (Lipinski definition) is 2. The number of nitrogens with two attached hydrogens (primary N) is 1. The Kier molecular flexibility index (Phi) is 6.17. The third-order valence-electron chi connectivity index (χ3n) is 4.44. The smallest absolute Gasteiger partial charge is 0.117 e. The number of benzene rings is 2. The Balaban J connectivity index is 2.48. The molecule has 0 aromatic heterocycles. The summed E-state index contributed by atoms with van der Waals surface area (Å²) < 4.78 is 0. The number of hydrogen-bond acceptors (Lipinski definition) is 2. The van der Waals surface area contributed by atoms with E-state index in [-0.39, 0.29) is 5.92 Å². The fourth-order valence-electron chi connectivity index (χ4n) is 3.24. The number of unbranched alkanes of at least 4 members (excludes halogenated alkanes) is 1. The Morgan fingerprint density at radius 1 is 0.909 bits per heavy atom. The van der Waals surface area contributed by atoms with Crippen LogP contribution in [-0.4, -0.2) is 11.7 Å². The SMILES string of the molecule is CCCCC(CCN)C(O)(c1ccccc1)c1ccccc1. The molecule has 1 unspecified atom stereocenters. The quantitative estimate of drug-likeness (QED) is 0.771. The molecule has 118 valence electrons. The van der Waals surface area contributed by atoms with Crippen molar-refractivity contribution >= 4 is 0 Å². The third-order valence-corrected chi connectivity index (χ3v) is 4.44. The van der Waals surface area contributed by atoms with Crippen LogP contribution in [0, 0.1) is 5.92 Å². The van der Waals surface area contributed by atoms with E-state index in [0.29, 0.717) is 6.54 Å². The van der Waals surface area contributed by atoms with Crippen LogP contribution < -0.4 is 5.73 Å². The van der Waals surface area contributed by atoms with E-state index >= 15 is 0 Å². The second-order valence-electron chi connectivity index (χ2n) is 5.91. The van der Waals surface area contributed by atoms with Gasteiger partial charge in [0.2, 0.25) is 0 Å². The van der Waals surface area contributed by atoms with Gasteiger partial charge in [-0.1, -0.05) is 80.4 Å². The highest BCUT2D eigenvalue weighted by atomic mass is 16.3. The Labute approximate surface area is 134 Å². The van der Waals surface area contributed by atoms with Gasteiger partial charge in [-0.25, -0.2) is 0 Å². The first-order valence-corrected chi connectivity index (χ1v) is 8.27. The standard InChI is InChI=1S/C20H27NO/c1-2-3-10-19(15-16-21)20(22,17-11-6-4-7-12-17)18-13-8-5-9-14-18/h4-9,11-14,19,22H,2-3,10,15-16,21H2,1H3. The molecule has 2 aromatic rings. The minimum absolute atomic E-state index is 0.127. The fraction of sp³-hybridized carbons (Fsp3) is 0.400. The van der Waals surface area contributed by atoms with Crippen LogP contribution in [0.5, 0.6) is 0 Å². The lowest BCUT2D eigenvalue weighted by atomic mass is 9.72. The molecule has 0 bridgehead atoms. The molecule has 0 amide bonds. The molecule has 0 radical (unpaired) electrons. The average molecular weight is 297 g/mol. The first-order valence-electron chi connectivity index (χ1n) is 8.27. The van der Waals surface area contributed by atoms with E-state index < -0.39 is 5.60 Å². The maximum absolute atomic E-state index is 11.7. The molecule has 0 aliphatic rings. The molecule has 0 saturated heterocycles. The van der Waals surface area contributed by atoms with Crippen molar-refractivity contribution in [2.75, 3.05) is 6.54 Å². The third kappa shape index (κ3) is 3.57. The van der Waals surface area contributed by atoms with Gasteiger partial charge in [0.15, 0.2) is 0 Å². The lowest BCUT2D eigenvalue weighted by molar-refractivity contribution is 0.00813. The monoisotopic (exact) mass is 297 g/mol. The molecule has 0 aliphatic heterocycles.